The molecule has 2 heterocycles. The Morgan fingerprint density at radius 3 is 2.42 bits per heavy atom. The Balaban J connectivity index is 1.87. The lowest BCUT2D eigenvalue weighted by atomic mass is 9.93. The smallest absolute Gasteiger partial charge is 0.338 e. The number of thiazole rings is 1. The molecule has 38 heavy (non-hydrogen) atoms. The van der Waals surface area contributed by atoms with Crippen molar-refractivity contribution in [3.8, 4) is 11.5 Å². The van der Waals surface area contributed by atoms with Gasteiger partial charge in [0, 0.05) is 0 Å². The fourth-order valence-corrected chi connectivity index (χ4v) is 5.49. The van der Waals surface area contributed by atoms with E-state index in [9.17, 15) is 9.59 Å². The van der Waals surface area contributed by atoms with Crippen LogP contribution in [0.25, 0.3) is 6.08 Å². The average molecular weight is 535 g/mol. The summed E-state index contributed by atoms with van der Waals surface area (Å²) in [6.07, 6.45) is 1.82. The first-order valence-corrected chi connectivity index (χ1v) is 13.6. The van der Waals surface area contributed by atoms with Gasteiger partial charge in [0.2, 0.25) is 0 Å². The second-order valence-corrected chi connectivity index (χ2v) is 10.7. The summed E-state index contributed by atoms with van der Waals surface area (Å²) < 4.78 is 18.8. The van der Waals surface area contributed by atoms with Crippen LogP contribution >= 0.6 is 11.3 Å². The van der Waals surface area contributed by atoms with E-state index in [0.717, 1.165) is 11.1 Å². The van der Waals surface area contributed by atoms with Crippen molar-refractivity contribution in [1.82, 2.24) is 4.57 Å². The molecule has 1 atom stereocenters. The SMILES string of the molecule is CCOC(=O)C1=C(C)N=c2s/c(=C\c3ccc(OC(C)C)c(OC)c3)c(=O)n2[C@H]1c1ccc(C(C)C)cc1. The number of carbonyl (C=O) groups excluding carboxylic acids is 1. The molecule has 1 aromatic heterocycles. The fourth-order valence-electron chi connectivity index (χ4n) is 4.45. The average Bonchev–Trinajstić information content (AvgIpc) is 3.18. The van der Waals surface area contributed by atoms with Crippen LogP contribution in [0.15, 0.2) is 63.5 Å². The molecule has 0 aliphatic carbocycles. The van der Waals surface area contributed by atoms with Crippen LogP contribution in [0.4, 0.5) is 0 Å². The Kier molecular flexibility index (Phi) is 8.21. The van der Waals surface area contributed by atoms with E-state index < -0.39 is 12.0 Å². The molecule has 0 amide bonds. The molecule has 0 saturated heterocycles. The van der Waals surface area contributed by atoms with Gasteiger partial charge < -0.3 is 14.2 Å². The van der Waals surface area contributed by atoms with E-state index in [-0.39, 0.29) is 18.3 Å². The Morgan fingerprint density at radius 1 is 1.11 bits per heavy atom. The number of carbonyl (C=O) groups is 1. The van der Waals surface area contributed by atoms with E-state index in [0.29, 0.717) is 38.0 Å². The number of hydrogen-bond acceptors (Lipinski definition) is 7. The van der Waals surface area contributed by atoms with Crippen molar-refractivity contribution in [2.75, 3.05) is 13.7 Å². The zero-order chi connectivity index (χ0) is 27.6. The van der Waals surface area contributed by atoms with Crippen LogP contribution in [0.5, 0.6) is 11.5 Å². The Bertz CT molecular complexity index is 1540. The molecule has 0 N–H and O–H groups in total. The van der Waals surface area contributed by atoms with Gasteiger partial charge in [-0.3, -0.25) is 9.36 Å². The number of rotatable bonds is 8. The van der Waals surface area contributed by atoms with Crippen molar-refractivity contribution >= 4 is 23.4 Å². The highest BCUT2D eigenvalue weighted by molar-refractivity contribution is 7.07. The second kappa shape index (κ2) is 11.4. The first-order chi connectivity index (χ1) is 18.1. The number of nitrogens with zero attached hydrogens (tertiary/aromatic N) is 2. The molecule has 0 unspecified atom stereocenters. The van der Waals surface area contributed by atoms with E-state index in [4.69, 9.17) is 14.2 Å². The van der Waals surface area contributed by atoms with Crippen LogP contribution in [0.3, 0.4) is 0 Å². The minimum atomic E-state index is -0.634. The number of aromatic nitrogens is 1. The third-order valence-corrected chi connectivity index (χ3v) is 7.27. The van der Waals surface area contributed by atoms with Gasteiger partial charge in [-0.2, -0.15) is 0 Å². The topological polar surface area (TPSA) is 79.1 Å². The summed E-state index contributed by atoms with van der Waals surface area (Å²) in [5, 5.41) is 0. The molecule has 4 rings (SSSR count). The van der Waals surface area contributed by atoms with Crippen LogP contribution in [-0.2, 0) is 9.53 Å². The summed E-state index contributed by atoms with van der Waals surface area (Å²) in [4.78, 5) is 32.1. The van der Waals surface area contributed by atoms with Crippen molar-refractivity contribution in [2.24, 2.45) is 4.99 Å². The summed E-state index contributed by atoms with van der Waals surface area (Å²) in [5.41, 5.74) is 3.51. The Hall–Kier alpha value is -3.65. The maximum atomic E-state index is 13.8. The number of fused-ring (bicyclic) bond motifs is 1. The highest BCUT2D eigenvalue weighted by Crippen LogP contribution is 2.32. The molecule has 0 bridgehead atoms. The number of ether oxygens (including phenoxy) is 3. The Labute approximate surface area is 226 Å². The van der Waals surface area contributed by atoms with Crippen LogP contribution < -0.4 is 24.4 Å². The van der Waals surface area contributed by atoms with E-state index in [2.05, 4.69) is 18.8 Å². The molecule has 0 spiro atoms. The van der Waals surface area contributed by atoms with E-state index >= 15 is 0 Å². The van der Waals surface area contributed by atoms with Gasteiger partial charge >= 0.3 is 5.97 Å². The number of methoxy groups -OCH3 is 1. The minimum Gasteiger partial charge on any atom is -0.493 e. The Morgan fingerprint density at radius 2 is 1.82 bits per heavy atom. The third-order valence-electron chi connectivity index (χ3n) is 6.28. The zero-order valence-corrected chi connectivity index (χ0v) is 23.7. The van der Waals surface area contributed by atoms with Gasteiger partial charge in [-0.05, 0) is 68.5 Å². The third kappa shape index (κ3) is 5.45. The van der Waals surface area contributed by atoms with Crippen LogP contribution in [0.1, 0.15) is 70.2 Å². The predicted octanol–water partition coefficient (Wildman–Crippen LogP) is 4.72. The van der Waals surface area contributed by atoms with Crippen molar-refractivity contribution in [3.63, 3.8) is 0 Å². The first kappa shape index (κ1) is 27.4. The molecule has 7 nitrogen and oxygen atoms in total. The van der Waals surface area contributed by atoms with Crippen molar-refractivity contribution in [3.05, 3.63) is 90.1 Å². The van der Waals surface area contributed by atoms with Gasteiger partial charge in [-0.15, -0.1) is 0 Å². The molecule has 2 aromatic carbocycles. The zero-order valence-electron chi connectivity index (χ0n) is 22.9. The monoisotopic (exact) mass is 534 g/mol. The highest BCUT2D eigenvalue weighted by atomic mass is 32.1. The second-order valence-electron chi connectivity index (χ2n) is 9.70. The molecule has 0 saturated carbocycles. The summed E-state index contributed by atoms with van der Waals surface area (Å²) in [6, 6.07) is 13.0. The number of benzene rings is 2. The summed E-state index contributed by atoms with van der Waals surface area (Å²) in [5.74, 6) is 1.12. The molecule has 1 aliphatic heterocycles. The summed E-state index contributed by atoms with van der Waals surface area (Å²) in [6.45, 7) is 11.9. The normalized spacial score (nSPS) is 15.5. The highest BCUT2D eigenvalue weighted by Gasteiger charge is 2.33. The standard InChI is InChI=1S/C30H34N2O5S/c1-8-36-29(34)26-19(6)31-30-32(27(26)22-12-10-21(11-13-22)17(2)3)28(33)25(38-30)16-20-9-14-23(37-18(4)5)24(15-20)35-7/h9-18,27H,8H2,1-7H3/b25-16-/t27-/m0/s1. The number of esters is 1. The fraction of sp³-hybridized carbons (Fsp3) is 0.367. The largest absolute Gasteiger partial charge is 0.493 e. The van der Waals surface area contributed by atoms with Crippen molar-refractivity contribution in [1.29, 1.82) is 0 Å². The van der Waals surface area contributed by atoms with E-state index in [1.807, 2.05) is 62.4 Å². The molecule has 200 valence electrons. The maximum Gasteiger partial charge on any atom is 0.338 e. The lowest BCUT2D eigenvalue weighted by molar-refractivity contribution is -0.139. The van der Waals surface area contributed by atoms with Gasteiger partial charge in [-0.1, -0.05) is 55.5 Å². The molecule has 3 aromatic rings. The molecule has 0 radical (unpaired) electrons. The quantitative estimate of drug-likeness (QED) is 0.391. The molecular formula is C30H34N2O5S. The lowest BCUT2D eigenvalue weighted by Crippen LogP contribution is -2.39. The summed E-state index contributed by atoms with van der Waals surface area (Å²) in [7, 11) is 1.59. The van der Waals surface area contributed by atoms with Crippen LogP contribution in [0, 0.1) is 0 Å². The van der Waals surface area contributed by atoms with Crippen molar-refractivity contribution in [2.45, 2.75) is 59.6 Å². The van der Waals surface area contributed by atoms with E-state index in [1.54, 1.807) is 25.5 Å². The van der Waals surface area contributed by atoms with Crippen LogP contribution in [-0.4, -0.2) is 30.4 Å². The molecule has 0 fully saturated rings. The minimum absolute atomic E-state index is 0.00452. The van der Waals surface area contributed by atoms with Gasteiger partial charge in [0.15, 0.2) is 16.3 Å². The van der Waals surface area contributed by atoms with Gasteiger partial charge in [0.25, 0.3) is 5.56 Å². The predicted molar refractivity (Wildman–Crippen MR) is 150 cm³/mol. The van der Waals surface area contributed by atoms with Gasteiger partial charge in [-0.25, -0.2) is 9.79 Å². The number of allylic oxidation sites excluding steroid dienone is 1. The number of hydrogen-bond donors (Lipinski definition) is 0. The van der Waals surface area contributed by atoms with E-state index in [1.165, 1.54) is 16.9 Å². The summed E-state index contributed by atoms with van der Waals surface area (Å²) >= 11 is 1.29. The van der Waals surface area contributed by atoms with Gasteiger partial charge in [0.1, 0.15) is 0 Å². The lowest BCUT2D eigenvalue weighted by Gasteiger charge is -2.25. The van der Waals surface area contributed by atoms with Crippen LogP contribution in [0.2, 0.25) is 0 Å². The first-order valence-electron chi connectivity index (χ1n) is 12.8. The molecule has 8 heteroatoms. The molecule has 1 aliphatic rings. The molecular weight excluding hydrogens is 500 g/mol. The van der Waals surface area contributed by atoms with Gasteiger partial charge in [0.05, 0.1) is 41.7 Å². The van der Waals surface area contributed by atoms with Crippen molar-refractivity contribution < 1.29 is 19.0 Å². The maximum absolute atomic E-state index is 13.8.